The molecular weight excluding hydrogens is 326 g/mol. The van der Waals surface area contributed by atoms with Crippen LogP contribution in [0.15, 0.2) is 24.3 Å². The molecule has 2 rings (SSSR count). The molecule has 0 aromatic heterocycles. The van der Waals surface area contributed by atoms with Crippen molar-refractivity contribution in [3.05, 3.63) is 29.3 Å². The predicted octanol–water partition coefficient (Wildman–Crippen LogP) is 2.05. The number of halogens is 1. The van der Waals surface area contributed by atoms with E-state index in [-0.39, 0.29) is 23.3 Å². The molecule has 1 aromatic rings. The highest BCUT2D eigenvalue weighted by Crippen LogP contribution is 2.23. The van der Waals surface area contributed by atoms with Gasteiger partial charge in [0.05, 0.1) is 23.1 Å². The molecule has 122 valence electrons. The Kier molecular flexibility index (Phi) is 6.08. The van der Waals surface area contributed by atoms with E-state index in [4.69, 9.17) is 16.3 Å². The van der Waals surface area contributed by atoms with E-state index in [9.17, 15) is 13.2 Å². The minimum atomic E-state index is -2.88. The second kappa shape index (κ2) is 7.83. The smallest absolute Gasteiger partial charge is 0.220 e. The molecule has 1 amide bonds. The zero-order valence-corrected chi connectivity index (χ0v) is 13.8. The number of benzene rings is 1. The summed E-state index contributed by atoms with van der Waals surface area (Å²) in [4.78, 5) is 11.7. The average molecular weight is 346 g/mol. The lowest BCUT2D eigenvalue weighted by molar-refractivity contribution is -0.121. The molecule has 0 radical (unpaired) electrons. The maximum atomic E-state index is 11.7. The Morgan fingerprint density at radius 3 is 2.82 bits per heavy atom. The summed E-state index contributed by atoms with van der Waals surface area (Å²) >= 11 is 5.96. The number of amides is 1. The van der Waals surface area contributed by atoms with Crippen molar-refractivity contribution < 1.29 is 17.9 Å². The maximum absolute atomic E-state index is 11.7. The van der Waals surface area contributed by atoms with Gasteiger partial charge in [-0.05, 0) is 30.9 Å². The molecule has 1 N–H and O–H groups in total. The second-order valence-electron chi connectivity index (χ2n) is 5.46. The van der Waals surface area contributed by atoms with Crippen LogP contribution in [0.4, 0.5) is 0 Å². The molecule has 7 heteroatoms. The second-order valence-corrected chi connectivity index (χ2v) is 8.09. The zero-order valence-electron chi connectivity index (χ0n) is 12.3. The molecule has 0 spiro atoms. The molecule has 1 saturated heterocycles. The Morgan fingerprint density at radius 2 is 2.14 bits per heavy atom. The van der Waals surface area contributed by atoms with Gasteiger partial charge in [-0.3, -0.25) is 4.79 Å². The third-order valence-corrected chi connectivity index (χ3v) is 5.71. The van der Waals surface area contributed by atoms with Gasteiger partial charge in [0.2, 0.25) is 5.91 Å². The lowest BCUT2D eigenvalue weighted by atomic mass is 10.1. The first kappa shape index (κ1) is 17.1. The number of para-hydroxylation sites is 1. The Hall–Kier alpha value is -1.27. The van der Waals surface area contributed by atoms with E-state index in [0.717, 1.165) is 0 Å². The van der Waals surface area contributed by atoms with Crippen molar-refractivity contribution in [2.75, 3.05) is 24.7 Å². The summed E-state index contributed by atoms with van der Waals surface area (Å²) in [7, 11) is -2.88. The first-order valence-electron chi connectivity index (χ1n) is 7.31. The molecule has 0 bridgehead atoms. The molecule has 5 nitrogen and oxygen atoms in total. The SMILES string of the molecule is O=C(CCCOc1ccccc1Cl)NCC1CCS(=O)(=O)C1. The fourth-order valence-electron chi connectivity index (χ4n) is 2.36. The third kappa shape index (κ3) is 5.50. The van der Waals surface area contributed by atoms with E-state index in [2.05, 4.69) is 5.32 Å². The van der Waals surface area contributed by atoms with Crippen LogP contribution in [0.1, 0.15) is 19.3 Å². The predicted molar refractivity (Wildman–Crippen MR) is 86.0 cm³/mol. The number of carbonyl (C=O) groups is 1. The van der Waals surface area contributed by atoms with Crippen LogP contribution in [0.25, 0.3) is 0 Å². The van der Waals surface area contributed by atoms with Crippen LogP contribution in [0, 0.1) is 5.92 Å². The number of hydrogen-bond acceptors (Lipinski definition) is 4. The summed E-state index contributed by atoms with van der Waals surface area (Å²) < 4.78 is 28.1. The Morgan fingerprint density at radius 1 is 1.36 bits per heavy atom. The largest absolute Gasteiger partial charge is 0.492 e. The van der Waals surface area contributed by atoms with Gasteiger partial charge in [0.15, 0.2) is 9.84 Å². The molecule has 1 aromatic carbocycles. The highest BCUT2D eigenvalue weighted by atomic mass is 35.5. The number of hydrogen-bond donors (Lipinski definition) is 1. The van der Waals surface area contributed by atoms with Crippen molar-refractivity contribution in [2.24, 2.45) is 5.92 Å². The molecular formula is C15H20ClNO4S. The highest BCUT2D eigenvalue weighted by Gasteiger charge is 2.27. The summed E-state index contributed by atoms with van der Waals surface area (Å²) in [5.41, 5.74) is 0. The molecule has 1 heterocycles. The molecule has 1 aliphatic rings. The van der Waals surface area contributed by atoms with Crippen LogP contribution < -0.4 is 10.1 Å². The van der Waals surface area contributed by atoms with Gasteiger partial charge in [-0.15, -0.1) is 0 Å². The Bertz CT molecular complexity index is 618. The first-order valence-corrected chi connectivity index (χ1v) is 9.51. The van der Waals surface area contributed by atoms with E-state index < -0.39 is 9.84 Å². The summed E-state index contributed by atoms with van der Waals surface area (Å²) in [6.45, 7) is 0.846. The van der Waals surface area contributed by atoms with Crippen molar-refractivity contribution in [1.29, 1.82) is 0 Å². The van der Waals surface area contributed by atoms with Crippen molar-refractivity contribution in [3.63, 3.8) is 0 Å². The standard InChI is InChI=1S/C15H20ClNO4S/c16-13-4-1-2-5-14(13)21-8-3-6-15(18)17-10-12-7-9-22(19,20)11-12/h1-2,4-5,12H,3,6-11H2,(H,17,18). The van der Waals surface area contributed by atoms with Crippen molar-refractivity contribution >= 4 is 27.3 Å². The average Bonchev–Trinajstić information content (AvgIpc) is 2.82. The van der Waals surface area contributed by atoms with Gasteiger partial charge < -0.3 is 10.1 Å². The van der Waals surface area contributed by atoms with Crippen LogP contribution in [-0.4, -0.2) is 39.0 Å². The zero-order chi connectivity index (χ0) is 16.0. The first-order chi connectivity index (χ1) is 10.5. The highest BCUT2D eigenvalue weighted by molar-refractivity contribution is 7.91. The molecule has 1 fully saturated rings. The van der Waals surface area contributed by atoms with Gasteiger partial charge in [0, 0.05) is 13.0 Å². The van der Waals surface area contributed by atoms with Crippen molar-refractivity contribution in [1.82, 2.24) is 5.32 Å². The minimum Gasteiger partial charge on any atom is -0.492 e. The van der Waals surface area contributed by atoms with Gasteiger partial charge in [-0.25, -0.2) is 8.42 Å². The maximum Gasteiger partial charge on any atom is 0.220 e. The van der Waals surface area contributed by atoms with Gasteiger partial charge in [0.25, 0.3) is 0 Å². The monoisotopic (exact) mass is 345 g/mol. The lowest BCUT2D eigenvalue weighted by Crippen LogP contribution is -2.29. The number of rotatable bonds is 7. The Balaban J connectivity index is 1.59. The normalized spacial score (nSPS) is 19.8. The fraction of sp³-hybridized carbons (Fsp3) is 0.533. The summed E-state index contributed by atoms with van der Waals surface area (Å²) in [5, 5.41) is 3.34. The van der Waals surface area contributed by atoms with Gasteiger partial charge in [0.1, 0.15) is 5.75 Å². The van der Waals surface area contributed by atoms with Gasteiger partial charge >= 0.3 is 0 Å². The van der Waals surface area contributed by atoms with Crippen LogP contribution in [0.3, 0.4) is 0 Å². The summed E-state index contributed by atoms with van der Waals surface area (Å²) in [5.74, 6) is 1.00. The van der Waals surface area contributed by atoms with Gasteiger partial charge in [-0.2, -0.15) is 0 Å². The van der Waals surface area contributed by atoms with E-state index in [1.165, 1.54) is 0 Å². The molecule has 1 atom stereocenters. The minimum absolute atomic E-state index is 0.0494. The molecule has 1 aliphatic heterocycles. The van der Waals surface area contributed by atoms with E-state index in [1.54, 1.807) is 12.1 Å². The summed E-state index contributed by atoms with van der Waals surface area (Å²) in [6.07, 6.45) is 1.57. The number of nitrogens with one attached hydrogen (secondary N) is 1. The molecule has 1 unspecified atom stereocenters. The molecule has 0 saturated carbocycles. The van der Waals surface area contributed by atoms with E-state index in [1.807, 2.05) is 12.1 Å². The van der Waals surface area contributed by atoms with Crippen molar-refractivity contribution in [2.45, 2.75) is 19.3 Å². The third-order valence-electron chi connectivity index (χ3n) is 3.56. The van der Waals surface area contributed by atoms with Crippen LogP contribution in [0.2, 0.25) is 5.02 Å². The van der Waals surface area contributed by atoms with Gasteiger partial charge in [-0.1, -0.05) is 23.7 Å². The van der Waals surface area contributed by atoms with E-state index >= 15 is 0 Å². The quantitative estimate of drug-likeness (QED) is 0.768. The van der Waals surface area contributed by atoms with Crippen LogP contribution in [-0.2, 0) is 14.6 Å². The van der Waals surface area contributed by atoms with Crippen LogP contribution in [0.5, 0.6) is 5.75 Å². The number of ether oxygens (including phenoxy) is 1. The number of sulfone groups is 1. The molecule has 22 heavy (non-hydrogen) atoms. The lowest BCUT2D eigenvalue weighted by Gasteiger charge is -2.10. The van der Waals surface area contributed by atoms with E-state index in [0.29, 0.717) is 43.2 Å². The summed E-state index contributed by atoms with van der Waals surface area (Å²) in [6, 6.07) is 7.19. The topological polar surface area (TPSA) is 72.5 Å². The fourth-order valence-corrected chi connectivity index (χ4v) is 4.41. The van der Waals surface area contributed by atoms with Crippen LogP contribution >= 0.6 is 11.6 Å². The Labute approximate surface area is 135 Å². The van der Waals surface area contributed by atoms with Crippen molar-refractivity contribution in [3.8, 4) is 5.75 Å². The molecule has 0 aliphatic carbocycles. The number of carbonyl (C=O) groups excluding carboxylic acids is 1.